The number of hydrogen-bond acceptors (Lipinski definition) is 3. The molecule has 2 aromatic rings. The molecule has 1 saturated heterocycles. The van der Waals surface area contributed by atoms with Gasteiger partial charge in [-0.2, -0.15) is 0 Å². The van der Waals surface area contributed by atoms with Crippen LogP contribution in [0.3, 0.4) is 0 Å². The van der Waals surface area contributed by atoms with E-state index in [4.69, 9.17) is 4.74 Å². The van der Waals surface area contributed by atoms with Gasteiger partial charge in [-0.15, -0.1) is 0 Å². The van der Waals surface area contributed by atoms with Gasteiger partial charge in [0.05, 0.1) is 6.61 Å². The van der Waals surface area contributed by atoms with E-state index < -0.39 is 5.54 Å². The lowest BCUT2D eigenvalue weighted by Gasteiger charge is -2.36. The van der Waals surface area contributed by atoms with Crippen LogP contribution in [0.4, 0.5) is 0 Å². The molecular weight excluding hydrogens is 304 g/mol. The predicted octanol–water partition coefficient (Wildman–Crippen LogP) is 2.21. The van der Waals surface area contributed by atoms with E-state index in [2.05, 4.69) is 5.32 Å². The van der Waals surface area contributed by atoms with Crippen molar-refractivity contribution < 1.29 is 14.3 Å². The summed E-state index contributed by atoms with van der Waals surface area (Å²) in [4.78, 5) is 27.3. The molecule has 0 saturated carbocycles. The number of fused-ring (bicyclic) bond motifs is 1. The first-order valence-corrected chi connectivity index (χ1v) is 8.14. The zero-order valence-corrected chi connectivity index (χ0v) is 14.0. The average molecular weight is 326 g/mol. The van der Waals surface area contributed by atoms with Crippen molar-refractivity contribution in [2.45, 2.75) is 18.4 Å². The summed E-state index contributed by atoms with van der Waals surface area (Å²) in [6.45, 7) is 0.758. The van der Waals surface area contributed by atoms with E-state index in [1.807, 2.05) is 42.5 Å². The third-order valence-electron chi connectivity index (χ3n) is 4.76. The Morgan fingerprint density at radius 1 is 1.21 bits per heavy atom. The van der Waals surface area contributed by atoms with Crippen LogP contribution in [0.25, 0.3) is 10.8 Å². The van der Waals surface area contributed by atoms with Gasteiger partial charge in [-0.3, -0.25) is 9.59 Å². The van der Waals surface area contributed by atoms with Crippen molar-refractivity contribution in [2.75, 3.05) is 27.3 Å². The summed E-state index contributed by atoms with van der Waals surface area (Å²) in [6, 6.07) is 13.6. The van der Waals surface area contributed by atoms with Gasteiger partial charge < -0.3 is 15.0 Å². The van der Waals surface area contributed by atoms with Crippen molar-refractivity contribution in [3.63, 3.8) is 0 Å². The van der Waals surface area contributed by atoms with Crippen LogP contribution in [0.5, 0.6) is 0 Å². The molecule has 2 aromatic carbocycles. The van der Waals surface area contributed by atoms with Crippen LogP contribution in [0.15, 0.2) is 42.5 Å². The zero-order chi connectivity index (χ0) is 17.2. The molecule has 1 N–H and O–H groups in total. The summed E-state index contributed by atoms with van der Waals surface area (Å²) >= 11 is 0. The van der Waals surface area contributed by atoms with E-state index in [1.54, 1.807) is 19.1 Å². The van der Waals surface area contributed by atoms with Crippen molar-refractivity contribution in [1.82, 2.24) is 10.2 Å². The highest BCUT2D eigenvalue weighted by Gasteiger charge is 2.49. The lowest BCUT2D eigenvalue weighted by Crippen LogP contribution is -2.59. The first kappa shape index (κ1) is 16.5. The number of ether oxygens (including phenoxy) is 1. The summed E-state index contributed by atoms with van der Waals surface area (Å²) in [5.74, 6) is -0.296. The minimum Gasteiger partial charge on any atom is -0.382 e. The number of carbonyl (C=O) groups excluding carboxylic acids is 2. The van der Waals surface area contributed by atoms with E-state index in [0.29, 0.717) is 18.5 Å². The topological polar surface area (TPSA) is 58.6 Å². The molecule has 0 aromatic heterocycles. The third kappa shape index (κ3) is 2.65. The molecule has 5 heteroatoms. The molecule has 1 aliphatic heterocycles. The Labute approximate surface area is 141 Å². The van der Waals surface area contributed by atoms with Crippen molar-refractivity contribution in [1.29, 1.82) is 0 Å². The number of likely N-dealkylation sites (tertiary alicyclic amines) is 1. The standard InChI is InChI=1S/C19H22N2O3/c1-20-18(23)19(13-24-2)10-5-11-21(19)17(22)16-9-8-14-6-3-4-7-15(14)12-16/h3-4,6-9,12H,5,10-11,13H2,1-2H3,(H,20,23). The molecule has 24 heavy (non-hydrogen) atoms. The van der Waals surface area contributed by atoms with Gasteiger partial charge in [-0.1, -0.05) is 30.3 Å². The Bertz CT molecular complexity index is 774. The van der Waals surface area contributed by atoms with Gasteiger partial charge >= 0.3 is 0 Å². The fourth-order valence-electron chi connectivity index (χ4n) is 3.58. The smallest absolute Gasteiger partial charge is 0.254 e. The normalized spacial score (nSPS) is 20.3. The van der Waals surface area contributed by atoms with Gasteiger partial charge in [0.2, 0.25) is 5.91 Å². The second kappa shape index (κ2) is 6.61. The van der Waals surface area contributed by atoms with Crippen molar-refractivity contribution in [3.8, 4) is 0 Å². The van der Waals surface area contributed by atoms with Gasteiger partial charge in [0.25, 0.3) is 5.91 Å². The maximum absolute atomic E-state index is 13.1. The summed E-state index contributed by atoms with van der Waals surface area (Å²) in [5.41, 5.74) is -0.327. The van der Waals surface area contributed by atoms with E-state index in [-0.39, 0.29) is 18.4 Å². The van der Waals surface area contributed by atoms with Crippen LogP contribution in [0.2, 0.25) is 0 Å². The number of amides is 2. The second-order valence-electron chi connectivity index (χ2n) is 6.17. The lowest BCUT2D eigenvalue weighted by molar-refractivity contribution is -0.133. The van der Waals surface area contributed by atoms with Crippen LogP contribution >= 0.6 is 0 Å². The highest BCUT2D eigenvalue weighted by molar-refractivity contribution is 6.02. The van der Waals surface area contributed by atoms with E-state index in [1.165, 1.54) is 0 Å². The molecule has 1 unspecified atom stereocenters. The monoisotopic (exact) mass is 326 g/mol. The Hall–Kier alpha value is -2.40. The van der Waals surface area contributed by atoms with Gasteiger partial charge in [-0.25, -0.2) is 0 Å². The number of carbonyl (C=O) groups is 2. The maximum Gasteiger partial charge on any atom is 0.254 e. The number of benzene rings is 2. The summed E-state index contributed by atoms with van der Waals surface area (Å²) < 4.78 is 5.28. The van der Waals surface area contributed by atoms with Gasteiger partial charge in [-0.05, 0) is 35.7 Å². The Morgan fingerprint density at radius 3 is 2.67 bits per heavy atom. The fraction of sp³-hybridized carbons (Fsp3) is 0.368. The first-order valence-electron chi connectivity index (χ1n) is 8.14. The first-order chi connectivity index (χ1) is 11.6. The van der Waals surface area contributed by atoms with Crippen molar-refractivity contribution in [2.24, 2.45) is 0 Å². The van der Waals surface area contributed by atoms with E-state index >= 15 is 0 Å². The molecule has 0 radical (unpaired) electrons. The Morgan fingerprint density at radius 2 is 1.96 bits per heavy atom. The van der Waals surface area contributed by atoms with Gasteiger partial charge in [0.1, 0.15) is 5.54 Å². The molecule has 0 aliphatic carbocycles. The number of hydrogen-bond donors (Lipinski definition) is 1. The van der Waals surface area contributed by atoms with Gasteiger partial charge in [0, 0.05) is 26.3 Å². The molecular formula is C19H22N2O3. The summed E-state index contributed by atoms with van der Waals surface area (Å²) in [6.07, 6.45) is 1.40. The van der Waals surface area contributed by atoms with Crippen molar-refractivity contribution >= 4 is 22.6 Å². The van der Waals surface area contributed by atoms with Crippen molar-refractivity contribution in [3.05, 3.63) is 48.0 Å². The lowest BCUT2D eigenvalue weighted by atomic mass is 9.95. The fourth-order valence-corrected chi connectivity index (χ4v) is 3.58. The second-order valence-corrected chi connectivity index (χ2v) is 6.17. The predicted molar refractivity (Wildman–Crippen MR) is 92.9 cm³/mol. The molecule has 1 heterocycles. The van der Waals surface area contributed by atoms with Crippen LogP contribution in [0, 0.1) is 0 Å². The number of nitrogens with zero attached hydrogens (tertiary/aromatic N) is 1. The van der Waals surface area contributed by atoms with Crippen LogP contribution in [-0.2, 0) is 9.53 Å². The zero-order valence-electron chi connectivity index (χ0n) is 14.0. The molecule has 2 amide bonds. The number of rotatable bonds is 4. The maximum atomic E-state index is 13.1. The van der Waals surface area contributed by atoms with Crippen LogP contribution < -0.4 is 5.32 Å². The minimum atomic E-state index is -0.924. The average Bonchev–Trinajstić information content (AvgIpc) is 3.05. The molecule has 0 bridgehead atoms. The Kier molecular flexibility index (Phi) is 4.53. The number of likely N-dealkylation sites (N-methyl/N-ethyl adjacent to an activating group) is 1. The highest BCUT2D eigenvalue weighted by Crippen LogP contribution is 2.32. The quantitative estimate of drug-likeness (QED) is 0.937. The number of methoxy groups -OCH3 is 1. The van der Waals surface area contributed by atoms with E-state index in [9.17, 15) is 9.59 Å². The molecule has 1 fully saturated rings. The van der Waals surface area contributed by atoms with E-state index in [0.717, 1.165) is 17.2 Å². The molecule has 1 aliphatic rings. The Balaban J connectivity index is 1.98. The SMILES string of the molecule is CNC(=O)C1(COC)CCCN1C(=O)c1ccc2ccccc2c1. The number of nitrogens with one attached hydrogen (secondary N) is 1. The largest absolute Gasteiger partial charge is 0.382 e. The summed E-state index contributed by atoms with van der Waals surface area (Å²) in [5, 5.41) is 4.79. The van der Waals surface area contributed by atoms with Crippen LogP contribution in [0.1, 0.15) is 23.2 Å². The molecule has 0 spiro atoms. The molecule has 126 valence electrons. The van der Waals surface area contributed by atoms with Crippen LogP contribution in [-0.4, -0.2) is 49.6 Å². The highest BCUT2D eigenvalue weighted by atomic mass is 16.5. The van der Waals surface area contributed by atoms with Gasteiger partial charge in [0.15, 0.2) is 0 Å². The molecule has 1 atom stereocenters. The minimum absolute atomic E-state index is 0.126. The molecule has 3 rings (SSSR count). The summed E-state index contributed by atoms with van der Waals surface area (Å²) in [7, 11) is 3.15. The molecule has 5 nitrogen and oxygen atoms in total. The third-order valence-corrected chi connectivity index (χ3v) is 4.76.